The van der Waals surface area contributed by atoms with E-state index in [1.54, 1.807) is 11.8 Å². The number of rotatable bonds is 8. The smallest absolute Gasteiger partial charge is 0.233 e. The number of para-hydroxylation sites is 3. The van der Waals surface area contributed by atoms with Crippen LogP contribution in [-0.2, 0) is 0 Å². The predicted molar refractivity (Wildman–Crippen MR) is 181 cm³/mol. The molecular formula is C36H28FN7S. The van der Waals surface area contributed by atoms with Gasteiger partial charge < -0.3 is 16.0 Å². The van der Waals surface area contributed by atoms with Gasteiger partial charge in [0.2, 0.25) is 17.8 Å². The molecule has 45 heavy (non-hydrogen) atoms. The predicted octanol–water partition coefficient (Wildman–Crippen LogP) is 9.60. The Morgan fingerprint density at radius 2 is 1.07 bits per heavy atom. The standard InChI is InChI=1S/C36H28FN7S/c37-26-19-15-25(16-20-26)33-23-31(41-30-13-7-8-14-32(30)45-33)24-17-21-29(22-18-24)40-36-43-34(38-27-9-3-1-4-10-27)42-35(44-36)39-28-11-5-2-6-12-28/h1-22,33H,23H2,(H3,38,39,40,42,43,44). The van der Waals surface area contributed by atoms with Gasteiger partial charge in [-0.3, -0.25) is 4.99 Å². The summed E-state index contributed by atoms with van der Waals surface area (Å²) in [5, 5.41) is 9.96. The molecule has 0 saturated heterocycles. The molecule has 7 nitrogen and oxygen atoms in total. The highest BCUT2D eigenvalue weighted by Gasteiger charge is 2.22. The largest absolute Gasteiger partial charge is 0.324 e. The fraction of sp³-hybridized carbons (Fsp3) is 0.0556. The lowest BCUT2D eigenvalue weighted by Crippen LogP contribution is -2.08. The third-order valence-corrected chi connectivity index (χ3v) is 8.50. The first kappa shape index (κ1) is 28.2. The van der Waals surface area contributed by atoms with E-state index in [9.17, 15) is 4.39 Å². The fourth-order valence-electron chi connectivity index (χ4n) is 4.98. The molecule has 0 amide bonds. The molecule has 0 spiro atoms. The Kier molecular flexibility index (Phi) is 8.15. The Balaban J connectivity index is 1.15. The first-order valence-electron chi connectivity index (χ1n) is 14.5. The molecule has 9 heteroatoms. The molecule has 6 aromatic rings. The Hall–Kier alpha value is -5.54. The fourth-order valence-corrected chi connectivity index (χ4v) is 6.21. The molecule has 1 unspecified atom stereocenters. The average molecular weight is 610 g/mol. The summed E-state index contributed by atoms with van der Waals surface area (Å²) in [6, 6.07) is 42.5. The number of nitrogens with one attached hydrogen (secondary N) is 3. The zero-order valence-corrected chi connectivity index (χ0v) is 24.9. The molecule has 220 valence electrons. The third-order valence-electron chi connectivity index (χ3n) is 7.18. The van der Waals surface area contributed by atoms with E-state index in [1.165, 1.54) is 12.1 Å². The topological polar surface area (TPSA) is 87.1 Å². The van der Waals surface area contributed by atoms with Crippen LogP contribution in [0.2, 0.25) is 0 Å². The number of halogens is 1. The average Bonchev–Trinajstić information content (AvgIpc) is 3.26. The van der Waals surface area contributed by atoms with Gasteiger partial charge in [0.1, 0.15) is 5.82 Å². The van der Waals surface area contributed by atoms with Gasteiger partial charge in [0, 0.05) is 39.3 Å². The van der Waals surface area contributed by atoms with Crippen molar-refractivity contribution in [2.24, 2.45) is 4.99 Å². The van der Waals surface area contributed by atoms with Gasteiger partial charge in [-0.2, -0.15) is 15.0 Å². The van der Waals surface area contributed by atoms with Gasteiger partial charge in [-0.25, -0.2) is 4.39 Å². The minimum Gasteiger partial charge on any atom is -0.324 e. The molecular weight excluding hydrogens is 582 g/mol. The maximum absolute atomic E-state index is 13.7. The van der Waals surface area contributed by atoms with Crippen LogP contribution in [0.25, 0.3) is 0 Å². The second-order valence-corrected chi connectivity index (χ2v) is 11.6. The highest BCUT2D eigenvalue weighted by Crippen LogP contribution is 2.45. The Bertz CT molecular complexity index is 1870. The lowest BCUT2D eigenvalue weighted by Gasteiger charge is -2.16. The molecule has 5 aromatic carbocycles. The second-order valence-electron chi connectivity index (χ2n) is 10.4. The number of benzene rings is 5. The van der Waals surface area contributed by atoms with Crippen molar-refractivity contribution < 1.29 is 4.39 Å². The van der Waals surface area contributed by atoms with Crippen molar-refractivity contribution in [3.05, 3.63) is 150 Å². The van der Waals surface area contributed by atoms with Crippen LogP contribution in [0, 0.1) is 5.82 Å². The second kappa shape index (κ2) is 13.0. The highest BCUT2D eigenvalue weighted by atomic mass is 32.2. The van der Waals surface area contributed by atoms with Gasteiger partial charge >= 0.3 is 0 Å². The van der Waals surface area contributed by atoms with Gasteiger partial charge in [0.05, 0.1) is 5.69 Å². The summed E-state index contributed by atoms with van der Waals surface area (Å²) >= 11 is 1.76. The summed E-state index contributed by atoms with van der Waals surface area (Å²) in [6.07, 6.45) is 0.703. The van der Waals surface area contributed by atoms with Crippen LogP contribution >= 0.6 is 11.8 Å². The van der Waals surface area contributed by atoms with Crippen molar-refractivity contribution >= 4 is 58.1 Å². The van der Waals surface area contributed by atoms with Crippen molar-refractivity contribution in [1.29, 1.82) is 0 Å². The van der Waals surface area contributed by atoms with E-state index in [4.69, 9.17) is 4.99 Å². The first-order valence-corrected chi connectivity index (χ1v) is 15.4. The van der Waals surface area contributed by atoms with E-state index < -0.39 is 0 Å². The number of aromatic nitrogens is 3. The molecule has 0 saturated carbocycles. The Morgan fingerprint density at radius 3 is 1.64 bits per heavy atom. The first-order chi connectivity index (χ1) is 22.1. The maximum Gasteiger partial charge on any atom is 0.233 e. The van der Waals surface area contributed by atoms with Crippen LogP contribution < -0.4 is 16.0 Å². The van der Waals surface area contributed by atoms with Crippen molar-refractivity contribution in [2.75, 3.05) is 16.0 Å². The van der Waals surface area contributed by atoms with Crippen LogP contribution in [-0.4, -0.2) is 20.7 Å². The van der Waals surface area contributed by atoms with E-state index in [0.717, 1.165) is 44.5 Å². The quantitative estimate of drug-likeness (QED) is 0.158. The normalized spacial score (nSPS) is 14.1. The maximum atomic E-state index is 13.7. The summed E-state index contributed by atoms with van der Waals surface area (Å²) in [5.74, 6) is 0.969. The third kappa shape index (κ3) is 7.00. The van der Waals surface area contributed by atoms with E-state index in [-0.39, 0.29) is 11.1 Å². The molecule has 0 fully saturated rings. The van der Waals surface area contributed by atoms with Crippen molar-refractivity contribution in [2.45, 2.75) is 16.6 Å². The van der Waals surface area contributed by atoms with Gasteiger partial charge in [-0.05, 0) is 71.8 Å². The monoisotopic (exact) mass is 609 g/mol. The van der Waals surface area contributed by atoms with E-state index in [2.05, 4.69) is 49.1 Å². The minimum absolute atomic E-state index is 0.0992. The molecule has 1 atom stereocenters. The molecule has 7 rings (SSSR count). The number of anilines is 6. The minimum atomic E-state index is -0.237. The molecule has 0 aliphatic carbocycles. The number of thioether (sulfide) groups is 1. The number of hydrogen-bond donors (Lipinski definition) is 3. The lowest BCUT2D eigenvalue weighted by atomic mass is 10.0. The molecule has 2 heterocycles. The van der Waals surface area contributed by atoms with E-state index >= 15 is 0 Å². The van der Waals surface area contributed by atoms with Crippen LogP contribution in [0.5, 0.6) is 0 Å². The zero-order valence-electron chi connectivity index (χ0n) is 24.1. The zero-order chi connectivity index (χ0) is 30.4. The van der Waals surface area contributed by atoms with Crippen LogP contribution in [0.3, 0.4) is 0 Å². The van der Waals surface area contributed by atoms with Crippen LogP contribution in [0.4, 0.5) is 45.0 Å². The van der Waals surface area contributed by atoms with Crippen molar-refractivity contribution in [1.82, 2.24) is 15.0 Å². The number of hydrogen-bond acceptors (Lipinski definition) is 8. The van der Waals surface area contributed by atoms with Crippen LogP contribution in [0.1, 0.15) is 22.8 Å². The summed E-state index contributed by atoms with van der Waals surface area (Å²) in [6.45, 7) is 0. The summed E-state index contributed by atoms with van der Waals surface area (Å²) in [4.78, 5) is 20.0. The van der Waals surface area contributed by atoms with Crippen molar-refractivity contribution in [3.63, 3.8) is 0 Å². The Labute approximate surface area is 264 Å². The number of fused-ring (bicyclic) bond motifs is 1. The van der Waals surface area contributed by atoms with Gasteiger partial charge in [-0.1, -0.05) is 72.8 Å². The van der Waals surface area contributed by atoms with Crippen molar-refractivity contribution in [3.8, 4) is 0 Å². The molecule has 1 aromatic heterocycles. The van der Waals surface area contributed by atoms with Crippen LogP contribution in [0.15, 0.2) is 143 Å². The highest BCUT2D eigenvalue weighted by molar-refractivity contribution is 7.99. The lowest BCUT2D eigenvalue weighted by molar-refractivity contribution is 0.627. The van der Waals surface area contributed by atoms with E-state index in [0.29, 0.717) is 24.3 Å². The Morgan fingerprint density at radius 1 is 0.556 bits per heavy atom. The molecule has 1 aliphatic rings. The molecule has 1 aliphatic heterocycles. The molecule has 0 bridgehead atoms. The summed E-state index contributed by atoms with van der Waals surface area (Å²) in [5.41, 5.74) is 6.54. The van der Waals surface area contributed by atoms with E-state index in [1.807, 2.05) is 103 Å². The summed E-state index contributed by atoms with van der Waals surface area (Å²) in [7, 11) is 0. The van der Waals surface area contributed by atoms with Gasteiger partial charge in [0.15, 0.2) is 0 Å². The summed E-state index contributed by atoms with van der Waals surface area (Å²) < 4.78 is 13.7. The SMILES string of the molecule is Fc1ccc(C2CC(c3ccc(Nc4nc(Nc5ccccc5)nc(Nc5ccccc5)n4)cc3)=Nc3ccccc3S2)cc1. The van der Waals surface area contributed by atoms with Gasteiger partial charge in [-0.15, -0.1) is 11.8 Å². The molecule has 0 radical (unpaired) electrons. The van der Waals surface area contributed by atoms with Gasteiger partial charge in [0.25, 0.3) is 0 Å². The molecule has 3 N–H and O–H groups in total. The number of aliphatic imine (C=N–C) groups is 1. The number of nitrogens with zero attached hydrogens (tertiary/aromatic N) is 4.